The van der Waals surface area contributed by atoms with Crippen LogP contribution in [0.25, 0.3) is 0 Å². The van der Waals surface area contributed by atoms with Crippen LogP contribution in [0.15, 0.2) is 24.3 Å². The molecule has 0 fully saturated rings. The fourth-order valence-electron chi connectivity index (χ4n) is 1.06. The van der Waals surface area contributed by atoms with E-state index in [2.05, 4.69) is 25.1 Å². The summed E-state index contributed by atoms with van der Waals surface area (Å²) in [5, 5.41) is 22.4. The van der Waals surface area contributed by atoms with E-state index in [1.54, 1.807) is 6.92 Å². The van der Waals surface area contributed by atoms with Crippen molar-refractivity contribution in [1.29, 1.82) is 0 Å². The van der Waals surface area contributed by atoms with Crippen LogP contribution in [0.5, 0.6) is 0 Å². The number of nitrogens with zero attached hydrogens (tertiary/aromatic N) is 4. The van der Waals surface area contributed by atoms with E-state index in [-0.39, 0.29) is 21.7 Å². The average molecular weight is 345 g/mol. The Morgan fingerprint density at radius 2 is 1.50 bits per heavy atom. The zero-order valence-corrected chi connectivity index (χ0v) is 12.7. The summed E-state index contributed by atoms with van der Waals surface area (Å²) < 4.78 is 4.68. The standard InChI is InChI=1S/C7H7ClN2O2.C5H3ClN2O2/c1-2-12-7(11)5-3-4-6(8)10-9-5;6-4-2-1-3(5(9)10)7-8-4/h3-4H,2H2,1H3;1-2H,(H,9,10). The van der Waals surface area contributed by atoms with Crippen LogP contribution in [0, 0.1) is 0 Å². The summed E-state index contributed by atoms with van der Waals surface area (Å²) in [6.45, 7) is 2.05. The highest BCUT2D eigenvalue weighted by atomic mass is 35.5. The van der Waals surface area contributed by atoms with Gasteiger partial charge in [-0.05, 0) is 31.2 Å². The number of ether oxygens (including phenoxy) is 1. The van der Waals surface area contributed by atoms with Crippen molar-refractivity contribution in [2.75, 3.05) is 6.61 Å². The number of esters is 1. The summed E-state index contributed by atoms with van der Waals surface area (Å²) in [5.74, 6) is -1.59. The second-order valence-electron chi connectivity index (χ2n) is 3.51. The Morgan fingerprint density at radius 1 is 1.00 bits per heavy atom. The lowest BCUT2D eigenvalue weighted by Crippen LogP contribution is -2.07. The van der Waals surface area contributed by atoms with E-state index in [0.29, 0.717) is 6.61 Å². The minimum Gasteiger partial charge on any atom is -0.476 e. The lowest BCUT2D eigenvalue weighted by Gasteiger charge is -1.98. The highest BCUT2D eigenvalue weighted by Crippen LogP contribution is 2.03. The van der Waals surface area contributed by atoms with Gasteiger partial charge in [-0.15, -0.1) is 20.4 Å². The van der Waals surface area contributed by atoms with E-state index in [9.17, 15) is 9.59 Å². The number of hydrogen-bond acceptors (Lipinski definition) is 7. The van der Waals surface area contributed by atoms with Gasteiger partial charge in [0.2, 0.25) is 0 Å². The SMILES string of the molecule is CCOC(=O)c1ccc(Cl)nn1.O=C(O)c1ccc(Cl)nn1. The molecule has 0 saturated carbocycles. The molecule has 0 aliphatic rings. The Morgan fingerprint density at radius 3 is 1.86 bits per heavy atom. The van der Waals surface area contributed by atoms with Gasteiger partial charge in [-0.2, -0.15) is 0 Å². The summed E-state index contributed by atoms with van der Waals surface area (Å²) in [5.41, 5.74) is 0.0608. The molecule has 8 nitrogen and oxygen atoms in total. The summed E-state index contributed by atoms with van der Waals surface area (Å²) in [6.07, 6.45) is 0. The van der Waals surface area contributed by atoms with Crippen molar-refractivity contribution < 1.29 is 19.4 Å². The minimum atomic E-state index is -1.11. The molecule has 0 unspecified atom stereocenters. The fraction of sp³-hybridized carbons (Fsp3) is 0.167. The first-order valence-electron chi connectivity index (χ1n) is 5.83. The quantitative estimate of drug-likeness (QED) is 0.841. The molecule has 0 aliphatic carbocycles. The van der Waals surface area contributed by atoms with Crippen LogP contribution in [0.2, 0.25) is 10.3 Å². The van der Waals surface area contributed by atoms with E-state index in [1.165, 1.54) is 24.3 Å². The normalized spacial score (nSPS) is 9.41. The number of aromatic carboxylic acids is 1. The maximum absolute atomic E-state index is 11.0. The van der Waals surface area contributed by atoms with Gasteiger partial charge < -0.3 is 9.84 Å². The van der Waals surface area contributed by atoms with Crippen molar-refractivity contribution in [2.45, 2.75) is 6.92 Å². The van der Waals surface area contributed by atoms with E-state index >= 15 is 0 Å². The lowest BCUT2D eigenvalue weighted by atomic mass is 10.4. The molecule has 22 heavy (non-hydrogen) atoms. The van der Waals surface area contributed by atoms with Gasteiger partial charge in [0.25, 0.3) is 0 Å². The largest absolute Gasteiger partial charge is 0.476 e. The number of carboxylic acid groups (broad SMARTS) is 1. The van der Waals surface area contributed by atoms with Crippen molar-refractivity contribution in [2.24, 2.45) is 0 Å². The second-order valence-corrected chi connectivity index (χ2v) is 4.28. The maximum atomic E-state index is 11.0. The van der Waals surface area contributed by atoms with Gasteiger partial charge in [-0.1, -0.05) is 23.2 Å². The third-order valence-corrected chi connectivity index (χ3v) is 2.37. The third-order valence-electron chi connectivity index (χ3n) is 1.97. The van der Waals surface area contributed by atoms with E-state index in [0.717, 1.165) is 0 Å². The molecular formula is C12H10Cl2N4O4. The van der Waals surface area contributed by atoms with Gasteiger partial charge >= 0.3 is 11.9 Å². The topological polar surface area (TPSA) is 115 Å². The van der Waals surface area contributed by atoms with Crippen LogP contribution in [0.4, 0.5) is 0 Å². The fourth-order valence-corrected chi connectivity index (χ4v) is 1.26. The summed E-state index contributed by atoms with van der Waals surface area (Å²) in [4.78, 5) is 21.2. The maximum Gasteiger partial charge on any atom is 0.358 e. The Labute approximate surface area is 135 Å². The van der Waals surface area contributed by atoms with Crippen molar-refractivity contribution in [3.63, 3.8) is 0 Å². The number of aromatic nitrogens is 4. The zero-order valence-electron chi connectivity index (χ0n) is 11.2. The number of rotatable bonds is 3. The molecule has 10 heteroatoms. The smallest absolute Gasteiger partial charge is 0.358 e. The molecule has 0 atom stereocenters. The number of carbonyl (C=O) groups is 2. The van der Waals surface area contributed by atoms with Crippen molar-refractivity contribution in [1.82, 2.24) is 20.4 Å². The van der Waals surface area contributed by atoms with Gasteiger partial charge in [-0.3, -0.25) is 0 Å². The third kappa shape index (κ3) is 5.98. The molecule has 2 aromatic heterocycles. The number of hydrogen-bond donors (Lipinski definition) is 1. The molecule has 0 spiro atoms. The predicted octanol–water partition coefficient (Wildman–Crippen LogP) is 2.13. The lowest BCUT2D eigenvalue weighted by molar-refractivity contribution is 0.0517. The molecule has 0 aromatic carbocycles. The Balaban J connectivity index is 0.000000224. The molecule has 0 saturated heterocycles. The molecule has 0 bridgehead atoms. The van der Waals surface area contributed by atoms with Crippen LogP contribution in [0.3, 0.4) is 0 Å². The van der Waals surface area contributed by atoms with Gasteiger partial charge in [0.05, 0.1) is 6.61 Å². The van der Waals surface area contributed by atoms with Gasteiger partial charge in [0.15, 0.2) is 21.7 Å². The van der Waals surface area contributed by atoms with E-state index in [1.807, 2.05) is 0 Å². The average Bonchev–Trinajstić information content (AvgIpc) is 2.49. The molecule has 0 aliphatic heterocycles. The van der Waals surface area contributed by atoms with Gasteiger partial charge in [0, 0.05) is 0 Å². The highest BCUT2D eigenvalue weighted by molar-refractivity contribution is 6.29. The molecule has 0 amide bonds. The van der Waals surface area contributed by atoms with Crippen LogP contribution in [0.1, 0.15) is 27.9 Å². The van der Waals surface area contributed by atoms with Gasteiger partial charge in [0.1, 0.15) is 0 Å². The first-order valence-corrected chi connectivity index (χ1v) is 6.58. The molecule has 1 N–H and O–H groups in total. The number of carboxylic acids is 1. The van der Waals surface area contributed by atoms with Crippen LogP contribution in [-0.4, -0.2) is 44.0 Å². The second kappa shape index (κ2) is 8.85. The molecule has 116 valence electrons. The molecule has 0 radical (unpaired) electrons. The Bertz CT molecular complexity index is 635. The zero-order chi connectivity index (χ0) is 16.5. The predicted molar refractivity (Wildman–Crippen MR) is 77.0 cm³/mol. The van der Waals surface area contributed by atoms with E-state index < -0.39 is 11.9 Å². The Hall–Kier alpha value is -2.32. The molecular weight excluding hydrogens is 335 g/mol. The molecule has 2 rings (SSSR count). The molecule has 2 aromatic rings. The first kappa shape index (κ1) is 17.7. The summed E-state index contributed by atoms with van der Waals surface area (Å²) in [7, 11) is 0. The van der Waals surface area contributed by atoms with E-state index in [4.69, 9.17) is 28.3 Å². The van der Waals surface area contributed by atoms with Crippen molar-refractivity contribution >= 4 is 35.1 Å². The molecule has 2 heterocycles. The highest BCUT2D eigenvalue weighted by Gasteiger charge is 2.07. The van der Waals surface area contributed by atoms with Crippen molar-refractivity contribution in [3.05, 3.63) is 46.0 Å². The monoisotopic (exact) mass is 344 g/mol. The Kier molecular flexibility index (Phi) is 7.14. The summed E-state index contributed by atoms with van der Waals surface area (Å²) >= 11 is 10.8. The first-order chi connectivity index (χ1) is 10.4. The van der Waals surface area contributed by atoms with Crippen molar-refractivity contribution in [3.8, 4) is 0 Å². The van der Waals surface area contributed by atoms with Crippen LogP contribution >= 0.6 is 23.2 Å². The summed E-state index contributed by atoms with van der Waals surface area (Å²) in [6, 6.07) is 5.61. The minimum absolute atomic E-state index is 0.107. The van der Waals surface area contributed by atoms with Crippen LogP contribution < -0.4 is 0 Å². The van der Waals surface area contributed by atoms with Gasteiger partial charge in [-0.25, -0.2) is 9.59 Å². The number of halogens is 2. The van der Waals surface area contributed by atoms with Crippen LogP contribution in [-0.2, 0) is 4.74 Å². The number of carbonyl (C=O) groups excluding carboxylic acids is 1.